The van der Waals surface area contributed by atoms with Crippen LogP contribution in [0, 0.1) is 20.8 Å². The molecule has 2 amide bonds. The highest BCUT2D eigenvalue weighted by Gasteiger charge is 2.34. The number of nitrogens with one attached hydrogen (secondary N) is 1. The number of amides is 2. The Kier molecular flexibility index (Phi) is 10.4. The van der Waals surface area contributed by atoms with Crippen molar-refractivity contribution in [3.8, 4) is 0 Å². The van der Waals surface area contributed by atoms with Gasteiger partial charge in [0.25, 0.3) is 10.0 Å². The lowest BCUT2D eigenvalue weighted by atomic mass is 9.95. The summed E-state index contributed by atoms with van der Waals surface area (Å²) < 4.78 is 29.4. The first-order valence-electron chi connectivity index (χ1n) is 14.9. The first kappa shape index (κ1) is 31.3. The molecule has 0 heterocycles. The van der Waals surface area contributed by atoms with Crippen molar-refractivity contribution in [3.63, 3.8) is 0 Å². The van der Waals surface area contributed by atoms with Gasteiger partial charge >= 0.3 is 0 Å². The van der Waals surface area contributed by atoms with E-state index >= 15 is 0 Å². The summed E-state index contributed by atoms with van der Waals surface area (Å²) in [6.07, 6.45) is 5.61. The van der Waals surface area contributed by atoms with Gasteiger partial charge in [0.15, 0.2) is 0 Å². The van der Waals surface area contributed by atoms with Gasteiger partial charge in [-0.15, -0.1) is 0 Å². The molecule has 1 aliphatic carbocycles. The Morgan fingerprint density at radius 3 is 2.14 bits per heavy atom. The maximum Gasteiger partial charge on any atom is 0.264 e. The normalized spacial score (nSPS) is 14.7. The van der Waals surface area contributed by atoms with Crippen molar-refractivity contribution in [1.29, 1.82) is 0 Å². The molecule has 3 aromatic carbocycles. The fourth-order valence-corrected chi connectivity index (χ4v) is 7.16. The fourth-order valence-electron chi connectivity index (χ4n) is 5.68. The molecule has 1 atom stereocenters. The van der Waals surface area contributed by atoms with Crippen LogP contribution in [-0.2, 0) is 26.2 Å². The van der Waals surface area contributed by atoms with E-state index in [1.807, 2.05) is 70.2 Å². The number of hydrogen-bond acceptors (Lipinski definition) is 4. The minimum atomic E-state index is -4.10. The van der Waals surface area contributed by atoms with Crippen molar-refractivity contribution in [1.82, 2.24) is 10.2 Å². The van der Waals surface area contributed by atoms with Gasteiger partial charge in [-0.2, -0.15) is 0 Å². The molecule has 42 heavy (non-hydrogen) atoms. The second kappa shape index (κ2) is 14.0. The molecule has 1 aliphatic rings. The third kappa shape index (κ3) is 7.59. The zero-order valence-electron chi connectivity index (χ0n) is 25.2. The first-order valence-corrected chi connectivity index (χ1v) is 16.3. The van der Waals surface area contributed by atoms with Gasteiger partial charge in [-0.1, -0.05) is 91.9 Å². The monoisotopic (exact) mass is 589 g/mol. The first-order chi connectivity index (χ1) is 20.1. The van der Waals surface area contributed by atoms with Gasteiger partial charge < -0.3 is 10.2 Å². The van der Waals surface area contributed by atoms with E-state index in [4.69, 9.17) is 0 Å². The summed E-state index contributed by atoms with van der Waals surface area (Å²) in [6, 6.07) is 21.0. The summed E-state index contributed by atoms with van der Waals surface area (Å²) in [7, 11) is -4.10. The standard InChI is InChI=1S/C34H43N3O4S/c1-5-31(34(39)35-29-14-10-7-11-15-29)36(23-28-12-8-6-9-13-28)33(38)24-37(32-21-18-26(3)22-27(32)4)42(40,41)30-19-16-25(2)17-20-30/h6,8-9,12-13,16-22,29,31H,5,7,10-11,14-15,23-24H2,1-4H3,(H,35,39). The van der Waals surface area contributed by atoms with E-state index in [2.05, 4.69) is 5.32 Å². The lowest BCUT2D eigenvalue weighted by Crippen LogP contribution is -2.54. The van der Waals surface area contributed by atoms with Crippen LogP contribution >= 0.6 is 0 Å². The lowest BCUT2D eigenvalue weighted by Gasteiger charge is -2.34. The van der Waals surface area contributed by atoms with E-state index < -0.39 is 28.5 Å². The third-order valence-corrected chi connectivity index (χ3v) is 9.82. The number of nitrogens with zero attached hydrogens (tertiary/aromatic N) is 2. The van der Waals surface area contributed by atoms with Crippen molar-refractivity contribution in [2.45, 2.75) is 89.7 Å². The van der Waals surface area contributed by atoms with Crippen molar-refractivity contribution < 1.29 is 18.0 Å². The SMILES string of the molecule is CCC(C(=O)NC1CCCCC1)N(Cc1ccccc1)C(=O)CN(c1ccc(C)cc1C)S(=O)(=O)c1ccc(C)cc1. The second-order valence-electron chi connectivity index (χ2n) is 11.4. The molecule has 0 saturated heterocycles. The highest BCUT2D eigenvalue weighted by atomic mass is 32.2. The molecule has 7 nitrogen and oxygen atoms in total. The maximum atomic E-state index is 14.3. The van der Waals surface area contributed by atoms with E-state index in [1.54, 1.807) is 35.2 Å². The van der Waals surface area contributed by atoms with E-state index in [0.717, 1.165) is 47.9 Å². The number of carbonyl (C=O) groups is 2. The van der Waals surface area contributed by atoms with Crippen LogP contribution < -0.4 is 9.62 Å². The Bertz CT molecular complexity index is 1470. The summed E-state index contributed by atoms with van der Waals surface area (Å²) in [5, 5.41) is 3.19. The molecule has 8 heteroatoms. The van der Waals surface area contributed by atoms with Crippen molar-refractivity contribution in [3.05, 3.63) is 95.1 Å². The van der Waals surface area contributed by atoms with Gasteiger partial charge in [0, 0.05) is 12.6 Å². The Morgan fingerprint density at radius 1 is 0.881 bits per heavy atom. The van der Waals surface area contributed by atoms with E-state index in [-0.39, 0.29) is 23.4 Å². The van der Waals surface area contributed by atoms with Crippen LogP contribution in [0.5, 0.6) is 0 Å². The van der Waals surface area contributed by atoms with Crippen LogP contribution in [0.3, 0.4) is 0 Å². The van der Waals surface area contributed by atoms with E-state index in [9.17, 15) is 18.0 Å². The van der Waals surface area contributed by atoms with Crippen molar-refractivity contribution >= 4 is 27.5 Å². The predicted molar refractivity (Wildman–Crippen MR) is 168 cm³/mol. The molecule has 1 saturated carbocycles. The van der Waals surface area contributed by atoms with Crippen molar-refractivity contribution in [2.75, 3.05) is 10.8 Å². The third-order valence-electron chi connectivity index (χ3n) is 8.04. The molecule has 0 aliphatic heterocycles. The molecular formula is C34H43N3O4S. The van der Waals surface area contributed by atoms with Gasteiger partial charge in [0.05, 0.1) is 10.6 Å². The molecule has 0 spiro atoms. The van der Waals surface area contributed by atoms with Gasteiger partial charge in [-0.3, -0.25) is 13.9 Å². The predicted octanol–water partition coefficient (Wildman–Crippen LogP) is 6.06. The average molecular weight is 590 g/mol. The quantitative estimate of drug-likeness (QED) is 0.294. The van der Waals surface area contributed by atoms with E-state index in [1.165, 1.54) is 10.7 Å². The molecule has 1 fully saturated rings. The summed E-state index contributed by atoms with van der Waals surface area (Å²) in [4.78, 5) is 29.6. The molecule has 1 N–H and O–H groups in total. The fraction of sp³-hybridized carbons (Fsp3) is 0.412. The molecule has 0 aromatic heterocycles. The number of hydrogen-bond donors (Lipinski definition) is 1. The summed E-state index contributed by atoms with van der Waals surface area (Å²) in [5.41, 5.74) is 3.98. The number of anilines is 1. The highest BCUT2D eigenvalue weighted by Crippen LogP contribution is 2.29. The van der Waals surface area contributed by atoms with Crippen molar-refractivity contribution in [2.24, 2.45) is 0 Å². The van der Waals surface area contributed by atoms with Crippen LogP contribution in [0.2, 0.25) is 0 Å². The second-order valence-corrected chi connectivity index (χ2v) is 13.3. The Hall–Kier alpha value is -3.65. The van der Waals surface area contributed by atoms with Crippen LogP contribution in [0.25, 0.3) is 0 Å². The van der Waals surface area contributed by atoms with Gasteiger partial charge in [0.2, 0.25) is 11.8 Å². The zero-order chi connectivity index (χ0) is 30.3. The molecule has 1 unspecified atom stereocenters. The smallest absolute Gasteiger partial charge is 0.264 e. The van der Waals surface area contributed by atoms with Gasteiger partial charge in [-0.25, -0.2) is 8.42 Å². The largest absolute Gasteiger partial charge is 0.352 e. The minimum absolute atomic E-state index is 0.0996. The molecular weight excluding hydrogens is 546 g/mol. The molecule has 4 rings (SSSR count). The van der Waals surface area contributed by atoms with Crippen LogP contribution in [0.1, 0.15) is 67.7 Å². The lowest BCUT2D eigenvalue weighted by molar-refractivity contribution is -0.140. The molecule has 0 radical (unpaired) electrons. The van der Waals surface area contributed by atoms with Crippen LogP contribution in [-0.4, -0.2) is 43.8 Å². The van der Waals surface area contributed by atoms with Crippen LogP contribution in [0.15, 0.2) is 77.7 Å². The number of aryl methyl sites for hydroxylation is 3. The molecule has 3 aromatic rings. The summed E-state index contributed by atoms with van der Waals surface area (Å²) in [6.45, 7) is 7.34. The topological polar surface area (TPSA) is 86.8 Å². The van der Waals surface area contributed by atoms with Gasteiger partial charge in [-0.05, 0) is 69.4 Å². The minimum Gasteiger partial charge on any atom is -0.352 e. The molecule has 0 bridgehead atoms. The number of carbonyl (C=O) groups excluding carboxylic acids is 2. The number of benzene rings is 3. The molecule has 224 valence electrons. The maximum absolute atomic E-state index is 14.3. The summed E-state index contributed by atoms with van der Waals surface area (Å²) >= 11 is 0. The Morgan fingerprint density at radius 2 is 1.52 bits per heavy atom. The summed E-state index contributed by atoms with van der Waals surface area (Å²) in [5.74, 6) is -0.617. The Balaban J connectivity index is 1.72. The van der Waals surface area contributed by atoms with E-state index in [0.29, 0.717) is 12.1 Å². The van der Waals surface area contributed by atoms with Crippen LogP contribution in [0.4, 0.5) is 5.69 Å². The number of rotatable bonds is 11. The van der Waals surface area contributed by atoms with Gasteiger partial charge in [0.1, 0.15) is 12.6 Å². The number of sulfonamides is 1. The zero-order valence-corrected chi connectivity index (χ0v) is 26.0. The highest BCUT2D eigenvalue weighted by molar-refractivity contribution is 7.92. The Labute approximate surface area is 251 Å². The average Bonchev–Trinajstić information content (AvgIpc) is 2.97.